The van der Waals surface area contributed by atoms with Gasteiger partial charge in [0.25, 0.3) is 0 Å². The molecule has 0 bridgehead atoms. The second kappa shape index (κ2) is 26.1. The monoisotopic (exact) mass is 952 g/mol. The number of amides is 3. The molecule has 0 aliphatic heterocycles. The molecule has 16 nitrogen and oxygen atoms in total. The molecule has 17 heteroatoms. The first-order valence-corrected chi connectivity index (χ1v) is 24.3. The fourth-order valence-electron chi connectivity index (χ4n) is 7.24. The Kier molecular flexibility index (Phi) is 19.8. The van der Waals surface area contributed by atoms with E-state index in [4.69, 9.17) is 15.3 Å². The minimum absolute atomic E-state index is 0.0572. The smallest absolute Gasteiger partial charge is 0.407 e. The van der Waals surface area contributed by atoms with Crippen LogP contribution >= 0.6 is 0 Å². The number of hydrogen-bond donors (Lipinski definition) is 4. The lowest BCUT2D eigenvalue weighted by molar-refractivity contribution is -0.122. The van der Waals surface area contributed by atoms with Crippen molar-refractivity contribution in [3.63, 3.8) is 0 Å². The number of hydrogen-bond acceptors (Lipinski definition) is 10. The number of carbonyl (C=O) groups excluding carboxylic acids is 3. The lowest BCUT2D eigenvalue weighted by Crippen LogP contribution is -2.47. The van der Waals surface area contributed by atoms with Gasteiger partial charge < -0.3 is 29.8 Å². The van der Waals surface area contributed by atoms with Crippen LogP contribution in [0.3, 0.4) is 0 Å². The van der Waals surface area contributed by atoms with Crippen molar-refractivity contribution in [3.8, 4) is 12.1 Å². The Morgan fingerprint density at radius 3 is 1.70 bits per heavy atom. The number of aromatic nitrogens is 4. The van der Waals surface area contributed by atoms with E-state index in [0.29, 0.717) is 24.2 Å². The van der Waals surface area contributed by atoms with Crippen molar-refractivity contribution in [3.05, 3.63) is 162 Å². The van der Waals surface area contributed by atoms with Crippen LogP contribution in [0.25, 0.3) is 10.8 Å². The highest BCUT2D eigenvalue weighted by Crippen LogP contribution is 2.20. The van der Waals surface area contributed by atoms with Crippen LogP contribution in [0.2, 0.25) is 0 Å². The van der Waals surface area contributed by atoms with Crippen molar-refractivity contribution >= 4 is 38.7 Å². The first-order valence-electron chi connectivity index (χ1n) is 22.8. The third-order valence-electron chi connectivity index (χ3n) is 11.8. The van der Waals surface area contributed by atoms with Crippen molar-refractivity contribution in [2.24, 2.45) is 11.8 Å². The second-order valence-electron chi connectivity index (χ2n) is 16.7. The topological polar surface area (TPSA) is 226 Å². The highest BCUT2D eigenvalue weighted by Gasteiger charge is 2.24. The molecular weight excluding hydrogens is 893 g/mol. The van der Waals surface area contributed by atoms with E-state index in [1.807, 2.05) is 85.4 Å². The van der Waals surface area contributed by atoms with E-state index in [-0.39, 0.29) is 73.2 Å². The first kappa shape index (κ1) is 52.4. The molecule has 0 saturated heterocycles. The number of fused-ring (bicyclic) bond motifs is 1. The third kappa shape index (κ3) is 16.0. The predicted molar refractivity (Wildman–Crippen MR) is 264 cm³/mol. The van der Waals surface area contributed by atoms with Gasteiger partial charge in [-0.2, -0.15) is 10.5 Å². The van der Waals surface area contributed by atoms with Crippen molar-refractivity contribution in [2.45, 2.75) is 83.4 Å². The molecule has 0 aliphatic rings. The Balaban J connectivity index is 0.000000263. The van der Waals surface area contributed by atoms with E-state index < -0.39 is 16.1 Å². The molecule has 6 aromatic rings. The van der Waals surface area contributed by atoms with Crippen molar-refractivity contribution in [2.75, 3.05) is 19.7 Å². The molecule has 2 aromatic heterocycles. The molecule has 0 aliphatic carbocycles. The SMILES string of the molecule is C=CCOC(=O)NC[C@@H](NC(=O)Cc1cncn1Cc1ccc(C#N)cc1)[C@@H](C)CC.CCC(C)C(CNS(=O)(=O)c1ccc2ccccc2c1)NC(=O)Cc1cncn1Cc1ccc(C#N)cc1. The quantitative estimate of drug-likeness (QED) is 0.0521. The second-order valence-corrected chi connectivity index (χ2v) is 18.5. The molecule has 0 radical (unpaired) electrons. The summed E-state index contributed by atoms with van der Waals surface area (Å²) in [4.78, 5) is 46.0. The Hall–Kier alpha value is -7.60. The maximum absolute atomic E-state index is 13.0. The summed E-state index contributed by atoms with van der Waals surface area (Å²) in [5.41, 5.74) is 4.72. The van der Waals surface area contributed by atoms with E-state index >= 15 is 0 Å². The number of nitrogens with one attached hydrogen (secondary N) is 4. The van der Waals surface area contributed by atoms with Gasteiger partial charge >= 0.3 is 6.09 Å². The predicted octanol–water partition coefficient (Wildman–Crippen LogP) is 6.80. The van der Waals surface area contributed by atoms with E-state index in [9.17, 15) is 22.8 Å². The lowest BCUT2D eigenvalue weighted by Gasteiger charge is -2.25. The minimum Gasteiger partial charge on any atom is -0.445 e. The average Bonchev–Trinajstić information content (AvgIpc) is 4.00. The van der Waals surface area contributed by atoms with Crippen molar-refractivity contribution in [1.29, 1.82) is 10.5 Å². The molecule has 4 N–H and O–H groups in total. The summed E-state index contributed by atoms with van der Waals surface area (Å²) in [5.74, 6) is -0.121. The average molecular weight is 953 g/mol. The van der Waals surface area contributed by atoms with Crippen LogP contribution in [-0.4, -0.2) is 77.2 Å². The maximum Gasteiger partial charge on any atom is 0.407 e. The number of ether oxygens (including phenoxy) is 1. The summed E-state index contributed by atoms with van der Waals surface area (Å²) in [6.45, 7) is 13.1. The fourth-order valence-corrected chi connectivity index (χ4v) is 8.33. The highest BCUT2D eigenvalue weighted by atomic mass is 32.2. The normalized spacial score (nSPS) is 12.7. The van der Waals surface area contributed by atoms with Gasteiger partial charge in [0, 0.05) is 62.0 Å². The molecule has 2 heterocycles. The molecule has 3 amide bonds. The zero-order chi connectivity index (χ0) is 49.8. The van der Waals surface area contributed by atoms with Gasteiger partial charge in [0.15, 0.2) is 0 Å². The number of sulfonamides is 1. The number of alkyl carbamates (subject to hydrolysis) is 1. The number of nitrogens with zero attached hydrogens (tertiary/aromatic N) is 6. The molecule has 4 atom stereocenters. The standard InChI is InChI=1S/C29H31N5O3S.C23H29N5O3/c1-3-21(2)28(18-32-38(36,37)27-13-12-24-6-4-5-7-25(24)14-27)33-29(35)15-26-17-31-20-34(26)19-23-10-8-22(16-30)9-11-23;1-4-10-31-23(30)26-14-21(17(3)5-2)27-22(29)11-20-13-25-16-28(20)15-19-8-6-18(12-24)7-9-19/h4-14,17,20-21,28,32H,3,15,18-19H2,1-2H3,(H,33,35);4,6-9,13,16-17,21H,1,5,10-11,14-15H2,2-3H3,(H,26,30)(H,27,29)/t;17-,21+/m.0/s1. The summed E-state index contributed by atoms with van der Waals surface area (Å²) in [6, 6.07) is 30.8. The van der Waals surface area contributed by atoms with Gasteiger partial charge in [0.2, 0.25) is 21.8 Å². The van der Waals surface area contributed by atoms with E-state index in [0.717, 1.165) is 46.1 Å². The number of nitriles is 2. The molecule has 69 heavy (non-hydrogen) atoms. The largest absolute Gasteiger partial charge is 0.445 e. The van der Waals surface area contributed by atoms with Crippen LogP contribution < -0.4 is 20.7 Å². The van der Waals surface area contributed by atoms with Gasteiger partial charge in [0.1, 0.15) is 6.61 Å². The van der Waals surface area contributed by atoms with Gasteiger partial charge in [-0.15, -0.1) is 0 Å². The highest BCUT2D eigenvalue weighted by molar-refractivity contribution is 7.89. The maximum atomic E-state index is 13.0. The van der Waals surface area contributed by atoms with Crippen LogP contribution in [-0.2, 0) is 50.3 Å². The minimum atomic E-state index is -3.76. The van der Waals surface area contributed by atoms with Gasteiger partial charge in [-0.25, -0.2) is 27.9 Å². The summed E-state index contributed by atoms with van der Waals surface area (Å²) < 4.78 is 37.5. The summed E-state index contributed by atoms with van der Waals surface area (Å²) in [6.07, 6.45) is 9.55. The summed E-state index contributed by atoms with van der Waals surface area (Å²) in [5, 5.41) is 28.4. The van der Waals surface area contributed by atoms with Crippen LogP contribution in [0.1, 0.15) is 74.2 Å². The fraction of sp³-hybridized carbons (Fsp3) is 0.327. The van der Waals surface area contributed by atoms with Gasteiger partial charge in [-0.1, -0.05) is 108 Å². The first-order chi connectivity index (χ1) is 33.2. The molecule has 0 fully saturated rings. The zero-order valence-electron chi connectivity index (χ0n) is 39.5. The Morgan fingerprint density at radius 2 is 1.22 bits per heavy atom. The number of carbonyl (C=O) groups is 3. The Labute approximate surface area is 404 Å². The van der Waals surface area contributed by atoms with E-state index in [2.05, 4.69) is 49.4 Å². The molecule has 0 saturated carbocycles. The molecule has 0 spiro atoms. The summed E-state index contributed by atoms with van der Waals surface area (Å²) in [7, 11) is -3.76. The van der Waals surface area contributed by atoms with Crippen LogP contribution in [0.4, 0.5) is 4.79 Å². The number of imidazole rings is 2. The molecule has 6 rings (SSSR count). The van der Waals surface area contributed by atoms with E-state index in [1.54, 1.807) is 67.5 Å². The van der Waals surface area contributed by atoms with E-state index in [1.165, 1.54) is 6.08 Å². The zero-order valence-corrected chi connectivity index (χ0v) is 40.3. The number of rotatable bonds is 22. The Morgan fingerprint density at radius 1 is 0.725 bits per heavy atom. The molecule has 360 valence electrons. The molecule has 2 unspecified atom stereocenters. The Bertz CT molecular complexity index is 2850. The van der Waals surface area contributed by atoms with Crippen LogP contribution in [0, 0.1) is 34.5 Å². The number of benzene rings is 4. The van der Waals surface area contributed by atoms with Gasteiger partial charge in [-0.3, -0.25) is 9.59 Å². The molecule has 4 aromatic carbocycles. The van der Waals surface area contributed by atoms with Crippen LogP contribution in [0.5, 0.6) is 0 Å². The van der Waals surface area contributed by atoms with Crippen LogP contribution in [0.15, 0.2) is 134 Å². The summed E-state index contributed by atoms with van der Waals surface area (Å²) >= 11 is 0. The van der Waals surface area contributed by atoms with Gasteiger partial charge in [-0.05, 0) is 70.1 Å². The molecular formula is C52H60N10O6S. The lowest BCUT2D eigenvalue weighted by atomic mass is 9.99. The van der Waals surface area contributed by atoms with Crippen molar-refractivity contribution < 1.29 is 27.5 Å². The third-order valence-corrected chi connectivity index (χ3v) is 13.3. The van der Waals surface area contributed by atoms with Crippen molar-refractivity contribution in [1.82, 2.24) is 39.8 Å². The van der Waals surface area contributed by atoms with Gasteiger partial charge in [0.05, 0.1) is 53.7 Å².